The Kier molecular flexibility index (Phi) is 4.34. The second kappa shape index (κ2) is 6.20. The van der Waals surface area contributed by atoms with E-state index in [1.165, 1.54) is 0 Å². The molecule has 1 N–H and O–H groups in total. The molecule has 0 spiro atoms. The first kappa shape index (κ1) is 14.0. The van der Waals surface area contributed by atoms with Crippen molar-refractivity contribution < 1.29 is 19.3 Å². The number of benzene rings is 1. The van der Waals surface area contributed by atoms with Gasteiger partial charge in [-0.3, -0.25) is 0 Å². The monoisotopic (exact) mass is 298 g/mol. The van der Waals surface area contributed by atoms with Crippen LogP contribution in [-0.2, 0) is 4.74 Å². The molecule has 3 rings (SSSR count). The fraction of sp³-hybridized carbons (Fsp3) is 0.600. The minimum absolute atomic E-state index is 0.189. The molecule has 1 aromatic rings. The molecule has 0 aromatic heterocycles. The highest BCUT2D eigenvalue weighted by atomic mass is 35.5. The third-order valence-corrected chi connectivity index (χ3v) is 4.08. The summed E-state index contributed by atoms with van der Waals surface area (Å²) in [6.07, 6.45) is 2.91. The van der Waals surface area contributed by atoms with Gasteiger partial charge in [-0.05, 0) is 25.3 Å². The zero-order valence-corrected chi connectivity index (χ0v) is 12.1. The molecule has 20 heavy (non-hydrogen) atoms. The van der Waals surface area contributed by atoms with E-state index in [-0.39, 0.29) is 6.10 Å². The highest BCUT2D eigenvalue weighted by Gasteiger charge is 2.27. The fourth-order valence-corrected chi connectivity index (χ4v) is 2.91. The van der Waals surface area contributed by atoms with Gasteiger partial charge in [-0.1, -0.05) is 11.6 Å². The molecular weight excluding hydrogens is 280 g/mol. The normalized spacial score (nSPS) is 24.0. The van der Waals surface area contributed by atoms with Gasteiger partial charge in [-0.2, -0.15) is 0 Å². The highest BCUT2D eigenvalue weighted by molar-refractivity contribution is 6.31. The maximum Gasteiger partial charge on any atom is 0.162 e. The van der Waals surface area contributed by atoms with Gasteiger partial charge in [0.1, 0.15) is 6.10 Å². The summed E-state index contributed by atoms with van der Waals surface area (Å²) in [5.41, 5.74) is 0.655. The Bertz CT molecular complexity index is 471. The second-order valence-electron chi connectivity index (χ2n) is 5.22. The number of fused-ring (bicyclic) bond motifs is 1. The molecule has 0 aliphatic carbocycles. The lowest BCUT2D eigenvalue weighted by Crippen LogP contribution is -2.26. The van der Waals surface area contributed by atoms with Gasteiger partial charge in [0.05, 0.1) is 24.3 Å². The van der Waals surface area contributed by atoms with Gasteiger partial charge >= 0.3 is 0 Å². The molecule has 1 fully saturated rings. The smallest absolute Gasteiger partial charge is 0.162 e. The molecule has 110 valence electrons. The lowest BCUT2D eigenvalue weighted by atomic mass is 9.98. The van der Waals surface area contributed by atoms with E-state index >= 15 is 0 Å². The quantitative estimate of drug-likeness (QED) is 0.911. The number of hydrogen-bond donors (Lipinski definition) is 1. The van der Waals surface area contributed by atoms with Gasteiger partial charge in [0.2, 0.25) is 0 Å². The fourth-order valence-electron chi connectivity index (χ4n) is 2.64. The van der Waals surface area contributed by atoms with Crippen LogP contribution in [0.3, 0.4) is 0 Å². The minimum atomic E-state index is -0.722. The molecule has 2 atom stereocenters. The lowest BCUT2D eigenvalue weighted by molar-refractivity contribution is -0.0633. The zero-order chi connectivity index (χ0) is 13.9. The largest absolute Gasteiger partial charge is 0.490 e. The molecular formula is C15H19ClO4. The van der Waals surface area contributed by atoms with E-state index in [1.807, 2.05) is 0 Å². The van der Waals surface area contributed by atoms with Crippen LogP contribution in [-0.4, -0.2) is 31.0 Å². The first-order valence-corrected chi connectivity index (χ1v) is 7.52. The zero-order valence-electron chi connectivity index (χ0n) is 11.3. The van der Waals surface area contributed by atoms with Crippen molar-refractivity contribution in [1.82, 2.24) is 0 Å². The second-order valence-corrected chi connectivity index (χ2v) is 5.63. The van der Waals surface area contributed by atoms with Crippen LogP contribution >= 0.6 is 11.6 Å². The summed E-state index contributed by atoms with van der Waals surface area (Å²) < 4.78 is 16.9. The van der Waals surface area contributed by atoms with Gasteiger partial charge in [0.15, 0.2) is 11.5 Å². The summed E-state index contributed by atoms with van der Waals surface area (Å²) in [6.45, 7) is 1.94. The Morgan fingerprint density at radius 2 is 1.80 bits per heavy atom. The number of ether oxygens (including phenoxy) is 3. The van der Waals surface area contributed by atoms with Crippen LogP contribution in [0.15, 0.2) is 12.1 Å². The molecule has 2 heterocycles. The first-order chi connectivity index (χ1) is 9.75. The molecule has 2 unspecified atom stereocenters. The van der Waals surface area contributed by atoms with Crippen molar-refractivity contribution in [2.75, 3.05) is 19.8 Å². The Labute approximate surface area is 123 Å². The number of halogens is 1. The molecule has 0 amide bonds. The van der Waals surface area contributed by atoms with Crippen LogP contribution in [0.5, 0.6) is 11.5 Å². The topological polar surface area (TPSA) is 47.9 Å². The Morgan fingerprint density at radius 3 is 2.50 bits per heavy atom. The van der Waals surface area contributed by atoms with Gasteiger partial charge in [0.25, 0.3) is 0 Å². The molecule has 0 saturated carbocycles. The Morgan fingerprint density at radius 1 is 1.05 bits per heavy atom. The maximum atomic E-state index is 10.5. The summed E-state index contributed by atoms with van der Waals surface area (Å²) in [7, 11) is 0. The predicted octanol–water partition coefficient (Wildman–Crippen LogP) is 3.10. The van der Waals surface area contributed by atoms with Crippen molar-refractivity contribution >= 4 is 11.6 Å². The van der Waals surface area contributed by atoms with Crippen LogP contribution in [0.4, 0.5) is 0 Å². The molecule has 1 saturated heterocycles. The number of rotatable bonds is 2. The van der Waals surface area contributed by atoms with Gasteiger partial charge < -0.3 is 19.3 Å². The van der Waals surface area contributed by atoms with Gasteiger partial charge in [-0.25, -0.2) is 0 Å². The van der Waals surface area contributed by atoms with E-state index in [9.17, 15) is 5.11 Å². The summed E-state index contributed by atoms with van der Waals surface area (Å²) in [4.78, 5) is 0. The molecule has 0 bridgehead atoms. The van der Waals surface area contributed by atoms with E-state index in [4.69, 9.17) is 25.8 Å². The minimum Gasteiger partial charge on any atom is -0.490 e. The van der Waals surface area contributed by atoms with Crippen molar-refractivity contribution in [3.8, 4) is 11.5 Å². The van der Waals surface area contributed by atoms with E-state index in [0.717, 1.165) is 25.7 Å². The standard InChI is InChI=1S/C15H19ClO4/c16-11-9-14-13(19-6-3-7-20-14)8-10(11)15(17)12-4-1-2-5-18-12/h8-9,12,15,17H,1-7H2. The van der Waals surface area contributed by atoms with Crippen molar-refractivity contribution in [2.24, 2.45) is 0 Å². The number of aliphatic hydroxyl groups excluding tert-OH is 1. The molecule has 4 nitrogen and oxygen atoms in total. The van der Waals surface area contributed by atoms with E-state index in [2.05, 4.69) is 0 Å². The van der Waals surface area contributed by atoms with Crippen LogP contribution in [0, 0.1) is 0 Å². The average molecular weight is 299 g/mol. The summed E-state index contributed by atoms with van der Waals surface area (Å²) in [5.74, 6) is 1.30. The van der Waals surface area contributed by atoms with E-state index < -0.39 is 6.10 Å². The maximum absolute atomic E-state index is 10.5. The number of aliphatic hydroxyl groups is 1. The molecule has 2 aliphatic rings. The SMILES string of the molecule is OC(c1cc2c(cc1Cl)OCCCO2)C1CCCCO1. The third-order valence-electron chi connectivity index (χ3n) is 3.75. The number of hydrogen-bond acceptors (Lipinski definition) is 4. The van der Waals surface area contributed by atoms with Crippen LogP contribution in [0.1, 0.15) is 37.4 Å². The van der Waals surface area contributed by atoms with Gasteiger partial charge in [-0.15, -0.1) is 0 Å². The summed E-state index contributed by atoms with van der Waals surface area (Å²) >= 11 is 6.28. The van der Waals surface area contributed by atoms with Crippen LogP contribution in [0.2, 0.25) is 5.02 Å². The van der Waals surface area contributed by atoms with E-state index in [0.29, 0.717) is 41.9 Å². The average Bonchev–Trinajstić information content (AvgIpc) is 2.71. The molecule has 2 aliphatic heterocycles. The van der Waals surface area contributed by atoms with E-state index in [1.54, 1.807) is 12.1 Å². The van der Waals surface area contributed by atoms with Crippen molar-refractivity contribution in [1.29, 1.82) is 0 Å². The van der Waals surface area contributed by atoms with Crippen molar-refractivity contribution in [2.45, 2.75) is 37.9 Å². The van der Waals surface area contributed by atoms with Crippen molar-refractivity contribution in [3.05, 3.63) is 22.7 Å². The highest BCUT2D eigenvalue weighted by Crippen LogP contribution is 2.39. The molecule has 1 aromatic carbocycles. The Hall–Kier alpha value is -0.970. The van der Waals surface area contributed by atoms with Crippen LogP contribution in [0.25, 0.3) is 0 Å². The molecule has 0 radical (unpaired) electrons. The third kappa shape index (κ3) is 2.87. The van der Waals surface area contributed by atoms with Crippen LogP contribution < -0.4 is 9.47 Å². The first-order valence-electron chi connectivity index (χ1n) is 7.14. The van der Waals surface area contributed by atoms with Gasteiger partial charge in [0, 0.05) is 24.7 Å². The predicted molar refractivity (Wildman–Crippen MR) is 75.6 cm³/mol. The molecule has 5 heteroatoms. The summed E-state index contributed by atoms with van der Waals surface area (Å²) in [6, 6.07) is 3.51. The summed E-state index contributed by atoms with van der Waals surface area (Å²) in [5, 5.41) is 11.0. The van der Waals surface area contributed by atoms with Crippen molar-refractivity contribution in [3.63, 3.8) is 0 Å². The Balaban J connectivity index is 1.86. The lowest BCUT2D eigenvalue weighted by Gasteiger charge is -2.28.